The molecule has 7 nitrogen and oxygen atoms in total. The standard InChI is InChI=1S/C15H11ClN2O2S.C7H13NO2/c16-12-2-6-14(7-3-12)21(19,20)15-8-4-13(5-9-15)18-11-1-10-17-18;1-4-10-7(1)8-2-5-9-6-3-8/h1-11H;7H,1-6H2. The summed E-state index contributed by atoms with van der Waals surface area (Å²) < 4.78 is 37.2. The zero-order valence-corrected chi connectivity index (χ0v) is 18.5. The first-order valence-electron chi connectivity index (χ1n) is 10.1. The Balaban J connectivity index is 0.000000192. The van der Waals surface area contributed by atoms with Gasteiger partial charge in [0, 0.05) is 36.9 Å². The van der Waals surface area contributed by atoms with E-state index in [-0.39, 0.29) is 9.79 Å². The topological polar surface area (TPSA) is 73.7 Å². The molecule has 1 unspecified atom stereocenters. The first-order chi connectivity index (χ1) is 15.0. The van der Waals surface area contributed by atoms with E-state index in [1.54, 1.807) is 59.5 Å². The lowest BCUT2D eigenvalue weighted by Gasteiger charge is -2.39. The Hall–Kier alpha value is -2.23. The van der Waals surface area contributed by atoms with E-state index in [1.165, 1.54) is 18.6 Å². The minimum absolute atomic E-state index is 0.221. The van der Waals surface area contributed by atoms with Crippen molar-refractivity contribution < 1.29 is 17.9 Å². The number of aromatic nitrogens is 2. The molecule has 9 heteroatoms. The van der Waals surface area contributed by atoms with Gasteiger partial charge in [0.2, 0.25) is 9.84 Å². The molecule has 0 radical (unpaired) electrons. The summed E-state index contributed by atoms with van der Waals surface area (Å²) in [7, 11) is -3.53. The fraction of sp³-hybridized carbons (Fsp3) is 0.318. The summed E-state index contributed by atoms with van der Waals surface area (Å²) in [5.74, 6) is 0. The molecule has 0 amide bonds. The lowest BCUT2D eigenvalue weighted by molar-refractivity contribution is -0.164. The summed E-state index contributed by atoms with van der Waals surface area (Å²) in [5, 5.41) is 4.60. The predicted octanol–water partition coefficient (Wildman–Crippen LogP) is 3.42. The summed E-state index contributed by atoms with van der Waals surface area (Å²) >= 11 is 5.78. The lowest BCUT2D eigenvalue weighted by Crippen LogP contribution is -2.49. The van der Waals surface area contributed by atoms with Crippen LogP contribution in [0.3, 0.4) is 0 Å². The van der Waals surface area contributed by atoms with E-state index >= 15 is 0 Å². The molecule has 2 aromatic carbocycles. The van der Waals surface area contributed by atoms with Crippen LogP contribution in [0, 0.1) is 0 Å². The van der Waals surface area contributed by atoms with Crippen LogP contribution in [0.2, 0.25) is 5.02 Å². The number of nitrogens with zero attached hydrogens (tertiary/aromatic N) is 3. The third kappa shape index (κ3) is 5.34. The highest BCUT2D eigenvalue weighted by Crippen LogP contribution is 2.23. The summed E-state index contributed by atoms with van der Waals surface area (Å²) in [5.41, 5.74) is 0.801. The molecule has 3 heterocycles. The zero-order chi connectivity index (χ0) is 21.7. The van der Waals surface area contributed by atoms with Crippen LogP contribution in [0.1, 0.15) is 6.42 Å². The maximum absolute atomic E-state index is 12.5. The smallest absolute Gasteiger partial charge is 0.206 e. The maximum Gasteiger partial charge on any atom is 0.206 e. The van der Waals surface area contributed by atoms with Gasteiger partial charge in [0.1, 0.15) is 6.23 Å². The first kappa shape index (κ1) is 22.0. The zero-order valence-electron chi connectivity index (χ0n) is 16.9. The van der Waals surface area contributed by atoms with Crippen molar-refractivity contribution >= 4 is 21.4 Å². The van der Waals surface area contributed by atoms with Crippen LogP contribution >= 0.6 is 11.6 Å². The Morgan fingerprint density at radius 3 is 2.06 bits per heavy atom. The van der Waals surface area contributed by atoms with Gasteiger partial charge in [-0.25, -0.2) is 13.1 Å². The highest BCUT2D eigenvalue weighted by molar-refractivity contribution is 7.91. The highest BCUT2D eigenvalue weighted by Gasteiger charge is 2.26. The van der Waals surface area contributed by atoms with Crippen LogP contribution in [0.15, 0.2) is 76.8 Å². The molecule has 0 bridgehead atoms. The molecule has 2 fully saturated rings. The summed E-state index contributed by atoms with van der Waals surface area (Å²) in [6, 6.07) is 14.5. The van der Waals surface area contributed by atoms with E-state index in [4.69, 9.17) is 21.1 Å². The van der Waals surface area contributed by atoms with Gasteiger partial charge in [-0.15, -0.1) is 0 Å². The van der Waals surface area contributed by atoms with Crippen LogP contribution in [0.25, 0.3) is 5.69 Å². The Morgan fingerprint density at radius 1 is 0.935 bits per heavy atom. The molecule has 2 aliphatic heterocycles. The van der Waals surface area contributed by atoms with Gasteiger partial charge in [-0.1, -0.05) is 11.6 Å². The molecule has 1 atom stereocenters. The predicted molar refractivity (Wildman–Crippen MR) is 117 cm³/mol. The normalized spacial score (nSPS) is 19.2. The van der Waals surface area contributed by atoms with Crippen molar-refractivity contribution in [1.29, 1.82) is 0 Å². The maximum atomic E-state index is 12.5. The fourth-order valence-corrected chi connectivity index (χ4v) is 4.71. The SMILES string of the molecule is C1CN(C2CCO2)CCO1.O=S(=O)(c1ccc(Cl)cc1)c1ccc(-n2cccn2)cc1. The number of rotatable bonds is 4. The van der Waals surface area contributed by atoms with Crippen molar-refractivity contribution in [2.45, 2.75) is 22.4 Å². The van der Waals surface area contributed by atoms with Crippen molar-refractivity contribution in [1.82, 2.24) is 14.7 Å². The lowest BCUT2D eigenvalue weighted by atomic mass is 10.2. The summed E-state index contributed by atoms with van der Waals surface area (Å²) in [6.07, 6.45) is 5.09. The number of benzene rings is 2. The third-order valence-corrected chi connectivity index (χ3v) is 7.21. The Bertz CT molecular complexity index is 1060. The molecule has 0 aliphatic carbocycles. The van der Waals surface area contributed by atoms with Crippen LogP contribution in [-0.2, 0) is 19.3 Å². The Kier molecular flexibility index (Phi) is 7.04. The second-order valence-corrected chi connectivity index (χ2v) is 9.55. The molecule has 164 valence electrons. The van der Waals surface area contributed by atoms with Gasteiger partial charge in [0.25, 0.3) is 0 Å². The fourth-order valence-electron chi connectivity index (χ4n) is 3.33. The number of hydrogen-bond acceptors (Lipinski definition) is 6. The molecule has 1 aromatic heterocycles. The monoisotopic (exact) mass is 461 g/mol. The third-order valence-electron chi connectivity index (χ3n) is 5.17. The molecule has 2 aliphatic rings. The van der Waals surface area contributed by atoms with Crippen molar-refractivity contribution in [2.75, 3.05) is 32.9 Å². The minimum Gasteiger partial charge on any atom is -0.379 e. The van der Waals surface area contributed by atoms with Gasteiger partial charge < -0.3 is 9.47 Å². The average Bonchev–Trinajstić information content (AvgIpc) is 3.29. The second kappa shape index (κ2) is 9.93. The van der Waals surface area contributed by atoms with Gasteiger partial charge in [-0.05, 0) is 54.6 Å². The van der Waals surface area contributed by atoms with E-state index in [1.807, 2.05) is 0 Å². The molecular weight excluding hydrogens is 438 g/mol. The molecule has 0 saturated carbocycles. The van der Waals surface area contributed by atoms with Crippen LogP contribution < -0.4 is 0 Å². The van der Waals surface area contributed by atoms with Crippen molar-refractivity contribution in [3.8, 4) is 5.69 Å². The molecule has 5 rings (SSSR count). The van der Waals surface area contributed by atoms with E-state index in [0.717, 1.165) is 38.6 Å². The number of halogens is 1. The quantitative estimate of drug-likeness (QED) is 0.592. The Morgan fingerprint density at radius 2 is 1.55 bits per heavy atom. The van der Waals surface area contributed by atoms with E-state index in [2.05, 4.69) is 10.00 Å². The number of sulfone groups is 1. The molecule has 31 heavy (non-hydrogen) atoms. The summed E-state index contributed by atoms with van der Waals surface area (Å²) in [6.45, 7) is 4.79. The number of hydrogen-bond donors (Lipinski definition) is 0. The van der Waals surface area contributed by atoms with Gasteiger partial charge in [0.15, 0.2) is 0 Å². The first-order valence-corrected chi connectivity index (χ1v) is 11.9. The van der Waals surface area contributed by atoms with E-state index < -0.39 is 9.84 Å². The molecule has 0 spiro atoms. The largest absolute Gasteiger partial charge is 0.379 e. The van der Waals surface area contributed by atoms with Crippen molar-refractivity contribution in [2.24, 2.45) is 0 Å². The molecule has 0 N–H and O–H groups in total. The average molecular weight is 462 g/mol. The van der Waals surface area contributed by atoms with Crippen LogP contribution in [-0.4, -0.2) is 62.2 Å². The number of morpholine rings is 1. The van der Waals surface area contributed by atoms with E-state index in [9.17, 15) is 8.42 Å². The van der Waals surface area contributed by atoms with Crippen molar-refractivity contribution in [3.05, 3.63) is 72.0 Å². The van der Waals surface area contributed by atoms with Gasteiger partial charge in [0.05, 0.1) is 35.3 Å². The molecular formula is C22H24ClN3O4S. The van der Waals surface area contributed by atoms with Crippen molar-refractivity contribution in [3.63, 3.8) is 0 Å². The molecule has 2 saturated heterocycles. The van der Waals surface area contributed by atoms with Crippen LogP contribution in [0.4, 0.5) is 0 Å². The minimum atomic E-state index is -3.53. The Labute approximate surface area is 187 Å². The van der Waals surface area contributed by atoms with Crippen LogP contribution in [0.5, 0.6) is 0 Å². The highest BCUT2D eigenvalue weighted by atomic mass is 35.5. The van der Waals surface area contributed by atoms with E-state index in [0.29, 0.717) is 11.3 Å². The summed E-state index contributed by atoms with van der Waals surface area (Å²) in [4.78, 5) is 2.81. The van der Waals surface area contributed by atoms with Gasteiger partial charge >= 0.3 is 0 Å². The molecule has 3 aromatic rings. The second-order valence-electron chi connectivity index (χ2n) is 7.16. The number of ether oxygens (including phenoxy) is 2. The van der Waals surface area contributed by atoms with Gasteiger partial charge in [-0.3, -0.25) is 4.90 Å². The van der Waals surface area contributed by atoms with Gasteiger partial charge in [-0.2, -0.15) is 5.10 Å².